The number of fused-ring (bicyclic) bond motifs is 1. The molecule has 3 heteroatoms. The fraction of sp³-hybridized carbons (Fsp3) is 0.533. The normalized spacial score (nSPS) is 19.9. The summed E-state index contributed by atoms with van der Waals surface area (Å²) in [7, 11) is 0. The molecule has 0 saturated heterocycles. The van der Waals surface area contributed by atoms with Crippen molar-refractivity contribution in [1.29, 1.82) is 0 Å². The van der Waals surface area contributed by atoms with E-state index in [1.54, 1.807) is 0 Å². The van der Waals surface area contributed by atoms with Crippen molar-refractivity contribution in [3.8, 4) is 0 Å². The molecule has 18 heavy (non-hydrogen) atoms. The number of hydrogen-bond donors (Lipinski definition) is 2. The van der Waals surface area contributed by atoms with Gasteiger partial charge in [0.1, 0.15) is 0 Å². The van der Waals surface area contributed by atoms with Crippen LogP contribution in [-0.4, -0.2) is 18.5 Å². The van der Waals surface area contributed by atoms with Gasteiger partial charge in [0.2, 0.25) is 5.91 Å². The summed E-state index contributed by atoms with van der Waals surface area (Å²) in [4.78, 5) is 12.3. The van der Waals surface area contributed by atoms with Crippen LogP contribution < -0.4 is 10.6 Å². The summed E-state index contributed by atoms with van der Waals surface area (Å²) >= 11 is 0. The Kier molecular flexibility index (Phi) is 3.33. The molecule has 0 aliphatic carbocycles. The van der Waals surface area contributed by atoms with Crippen LogP contribution in [0.2, 0.25) is 0 Å². The van der Waals surface area contributed by atoms with Crippen molar-refractivity contribution in [2.24, 2.45) is 5.41 Å². The summed E-state index contributed by atoms with van der Waals surface area (Å²) < 4.78 is 0. The molecule has 0 fully saturated rings. The van der Waals surface area contributed by atoms with Crippen molar-refractivity contribution in [3.05, 3.63) is 29.8 Å². The molecule has 2 atom stereocenters. The second-order valence-electron chi connectivity index (χ2n) is 6.12. The second kappa shape index (κ2) is 4.63. The molecule has 1 aromatic carbocycles. The van der Waals surface area contributed by atoms with Gasteiger partial charge < -0.3 is 10.6 Å². The van der Waals surface area contributed by atoms with Gasteiger partial charge in [-0.1, -0.05) is 39.0 Å². The lowest BCUT2D eigenvalue weighted by molar-refractivity contribution is -0.123. The number of amides is 1. The van der Waals surface area contributed by atoms with E-state index in [9.17, 15) is 4.79 Å². The Labute approximate surface area is 109 Å². The maximum atomic E-state index is 12.3. The maximum absolute atomic E-state index is 12.3. The molecule has 3 nitrogen and oxygen atoms in total. The van der Waals surface area contributed by atoms with Gasteiger partial charge in [0.25, 0.3) is 0 Å². The molecule has 0 saturated carbocycles. The van der Waals surface area contributed by atoms with Gasteiger partial charge in [0.05, 0.1) is 5.92 Å². The van der Waals surface area contributed by atoms with Crippen molar-refractivity contribution in [1.82, 2.24) is 5.32 Å². The predicted octanol–water partition coefficient (Wildman–Crippen LogP) is 2.75. The van der Waals surface area contributed by atoms with E-state index in [0.717, 1.165) is 11.3 Å². The van der Waals surface area contributed by atoms with E-state index >= 15 is 0 Å². The summed E-state index contributed by atoms with van der Waals surface area (Å²) in [5.74, 6) is 0.0564. The predicted molar refractivity (Wildman–Crippen MR) is 74.7 cm³/mol. The highest BCUT2D eigenvalue weighted by atomic mass is 16.2. The molecule has 1 aliphatic heterocycles. The molecule has 98 valence electrons. The highest BCUT2D eigenvalue weighted by Crippen LogP contribution is 2.31. The Morgan fingerprint density at radius 3 is 2.72 bits per heavy atom. The minimum absolute atomic E-state index is 0.0639. The third kappa shape index (κ3) is 2.50. The average molecular weight is 246 g/mol. The van der Waals surface area contributed by atoms with E-state index in [2.05, 4.69) is 38.3 Å². The maximum Gasteiger partial charge on any atom is 0.229 e. The van der Waals surface area contributed by atoms with E-state index in [-0.39, 0.29) is 23.3 Å². The van der Waals surface area contributed by atoms with Gasteiger partial charge in [-0.2, -0.15) is 0 Å². The van der Waals surface area contributed by atoms with Gasteiger partial charge in [-0.25, -0.2) is 0 Å². The van der Waals surface area contributed by atoms with Crippen LogP contribution in [0.5, 0.6) is 0 Å². The number of rotatable bonds is 2. The van der Waals surface area contributed by atoms with Crippen LogP contribution in [-0.2, 0) is 4.79 Å². The van der Waals surface area contributed by atoms with Crippen LogP contribution in [0.15, 0.2) is 24.3 Å². The first-order valence-corrected chi connectivity index (χ1v) is 6.53. The fourth-order valence-corrected chi connectivity index (χ4v) is 2.05. The summed E-state index contributed by atoms with van der Waals surface area (Å²) in [6.07, 6.45) is 0. The van der Waals surface area contributed by atoms with E-state index in [1.807, 2.05) is 24.3 Å². The third-order valence-corrected chi connectivity index (χ3v) is 3.81. The zero-order chi connectivity index (χ0) is 13.3. The lowest BCUT2D eigenvalue weighted by Gasteiger charge is -2.29. The molecule has 0 aromatic heterocycles. The number of carbonyl (C=O) groups excluding carboxylic acids is 1. The quantitative estimate of drug-likeness (QED) is 0.842. The molecular weight excluding hydrogens is 224 g/mol. The van der Waals surface area contributed by atoms with Gasteiger partial charge in [-0.05, 0) is 24.0 Å². The van der Waals surface area contributed by atoms with Crippen LogP contribution >= 0.6 is 0 Å². The monoisotopic (exact) mass is 246 g/mol. The molecule has 0 radical (unpaired) electrons. The molecule has 2 N–H and O–H groups in total. The number of hydrogen-bond acceptors (Lipinski definition) is 2. The molecule has 1 aromatic rings. The molecule has 0 bridgehead atoms. The Hall–Kier alpha value is -1.51. The standard InChI is InChI=1S/C15H22N2O/c1-10(15(2,3)4)17-14(18)12-9-16-13-8-6-5-7-11(12)13/h5-8,10,12,16H,9H2,1-4H3,(H,17,18). The molecule has 1 amide bonds. The van der Waals surface area contributed by atoms with E-state index < -0.39 is 0 Å². The minimum atomic E-state index is -0.0639. The number of carbonyl (C=O) groups is 1. The first-order valence-electron chi connectivity index (χ1n) is 6.53. The van der Waals surface area contributed by atoms with Crippen molar-refractivity contribution < 1.29 is 4.79 Å². The Bertz CT molecular complexity index is 448. The summed E-state index contributed by atoms with van der Waals surface area (Å²) in [6, 6.07) is 8.19. The minimum Gasteiger partial charge on any atom is -0.384 e. The molecule has 2 rings (SSSR count). The SMILES string of the molecule is CC(NC(=O)C1CNc2ccccc21)C(C)(C)C. The summed E-state index contributed by atoms with van der Waals surface area (Å²) in [5.41, 5.74) is 2.28. The molecule has 1 aliphatic rings. The zero-order valence-corrected chi connectivity index (χ0v) is 11.6. The number of para-hydroxylation sites is 1. The van der Waals surface area contributed by atoms with Gasteiger partial charge >= 0.3 is 0 Å². The Balaban J connectivity index is 2.08. The van der Waals surface area contributed by atoms with Crippen LogP contribution in [0, 0.1) is 5.41 Å². The highest BCUT2D eigenvalue weighted by Gasteiger charge is 2.30. The third-order valence-electron chi connectivity index (χ3n) is 3.81. The van der Waals surface area contributed by atoms with Crippen LogP contribution in [0.4, 0.5) is 5.69 Å². The van der Waals surface area contributed by atoms with Gasteiger partial charge in [0.15, 0.2) is 0 Å². The largest absolute Gasteiger partial charge is 0.384 e. The van der Waals surface area contributed by atoms with E-state index in [4.69, 9.17) is 0 Å². The van der Waals surface area contributed by atoms with Gasteiger partial charge in [-0.15, -0.1) is 0 Å². The first kappa shape index (κ1) is 12.9. The van der Waals surface area contributed by atoms with Crippen molar-refractivity contribution in [2.45, 2.75) is 39.7 Å². The van der Waals surface area contributed by atoms with Gasteiger partial charge in [-0.3, -0.25) is 4.79 Å². The zero-order valence-electron chi connectivity index (χ0n) is 11.6. The number of nitrogens with one attached hydrogen (secondary N) is 2. The smallest absolute Gasteiger partial charge is 0.229 e. The summed E-state index contributed by atoms with van der Waals surface area (Å²) in [6.45, 7) is 9.17. The number of benzene rings is 1. The molecule has 2 unspecified atom stereocenters. The van der Waals surface area contributed by atoms with Crippen LogP contribution in [0.25, 0.3) is 0 Å². The van der Waals surface area contributed by atoms with Crippen LogP contribution in [0.1, 0.15) is 39.2 Å². The summed E-state index contributed by atoms with van der Waals surface area (Å²) in [5, 5.41) is 6.41. The highest BCUT2D eigenvalue weighted by molar-refractivity contribution is 5.88. The van der Waals surface area contributed by atoms with Crippen molar-refractivity contribution in [2.75, 3.05) is 11.9 Å². The number of anilines is 1. The topological polar surface area (TPSA) is 41.1 Å². The average Bonchev–Trinajstić information content (AvgIpc) is 2.71. The lowest BCUT2D eigenvalue weighted by atomic mass is 9.87. The van der Waals surface area contributed by atoms with Crippen molar-refractivity contribution in [3.63, 3.8) is 0 Å². The first-order chi connectivity index (χ1) is 8.39. The van der Waals surface area contributed by atoms with Gasteiger partial charge in [0, 0.05) is 18.3 Å². The second-order valence-corrected chi connectivity index (χ2v) is 6.12. The van der Waals surface area contributed by atoms with Crippen LogP contribution in [0.3, 0.4) is 0 Å². The molecular formula is C15H22N2O. The molecule has 0 spiro atoms. The molecule has 1 heterocycles. The van der Waals surface area contributed by atoms with E-state index in [0.29, 0.717) is 6.54 Å². The Morgan fingerprint density at radius 2 is 2.06 bits per heavy atom. The van der Waals surface area contributed by atoms with Crippen molar-refractivity contribution >= 4 is 11.6 Å². The lowest BCUT2D eigenvalue weighted by Crippen LogP contribution is -2.43. The van der Waals surface area contributed by atoms with E-state index in [1.165, 1.54) is 0 Å². The fourth-order valence-electron chi connectivity index (χ4n) is 2.05. The Morgan fingerprint density at radius 1 is 1.39 bits per heavy atom.